The number of aromatic nitrogens is 2. The highest BCUT2D eigenvalue weighted by atomic mass is 32.1. The molecule has 0 saturated heterocycles. The zero-order valence-electron chi connectivity index (χ0n) is 12.8. The Labute approximate surface area is 142 Å². The maximum Gasteiger partial charge on any atom is 0.251 e. The first-order chi connectivity index (χ1) is 11.5. The van der Waals surface area contributed by atoms with Crippen LogP contribution in [0.1, 0.15) is 28.3 Å². The van der Waals surface area contributed by atoms with Crippen LogP contribution in [0.5, 0.6) is 11.5 Å². The predicted octanol–water partition coefficient (Wildman–Crippen LogP) is 3.11. The Kier molecular flexibility index (Phi) is 4.43. The van der Waals surface area contributed by atoms with E-state index in [4.69, 9.17) is 0 Å². The molecule has 2 aromatic heterocycles. The van der Waals surface area contributed by atoms with Gasteiger partial charge < -0.3 is 15.5 Å². The third-order valence-corrected chi connectivity index (χ3v) is 4.46. The maximum absolute atomic E-state index is 12.2. The van der Waals surface area contributed by atoms with Crippen LogP contribution in [0.2, 0.25) is 0 Å². The van der Waals surface area contributed by atoms with Crippen LogP contribution in [0.3, 0.4) is 0 Å². The van der Waals surface area contributed by atoms with Gasteiger partial charge in [-0.25, -0.2) is 4.98 Å². The van der Waals surface area contributed by atoms with E-state index in [9.17, 15) is 15.0 Å². The van der Waals surface area contributed by atoms with Gasteiger partial charge in [-0.2, -0.15) is 0 Å². The molecule has 0 saturated carbocycles. The van der Waals surface area contributed by atoms with E-state index >= 15 is 0 Å². The summed E-state index contributed by atoms with van der Waals surface area (Å²) in [5.41, 5.74) is 2.00. The number of hydrogen-bond donors (Lipinski definition) is 3. The van der Waals surface area contributed by atoms with E-state index in [1.54, 1.807) is 12.4 Å². The van der Waals surface area contributed by atoms with Crippen molar-refractivity contribution in [2.24, 2.45) is 0 Å². The second-order valence-corrected chi connectivity index (χ2v) is 6.10. The number of aromatic hydroxyl groups is 2. The summed E-state index contributed by atoms with van der Waals surface area (Å²) in [6.45, 7) is 1.84. The van der Waals surface area contributed by atoms with Crippen molar-refractivity contribution in [1.29, 1.82) is 0 Å². The molecule has 2 heterocycles. The Morgan fingerprint density at radius 3 is 2.79 bits per heavy atom. The van der Waals surface area contributed by atoms with E-state index in [0.29, 0.717) is 0 Å². The lowest BCUT2D eigenvalue weighted by molar-refractivity contribution is 0.0939. The van der Waals surface area contributed by atoms with Crippen LogP contribution in [-0.4, -0.2) is 26.1 Å². The predicted molar refractivity (Wildman–Crippen MR) is 91.0 cm³/mol. The molecule has 0 aliphatic rings. The number of phenolic OH excluding ortho intramolecular Hbond substituents is 2. The molecule has 3 rings (SSSR count). The van der Waals surface area contributed by atoms with Crippen molar-refractivity contribution in [3.05, 3.63) is 58.7 Å². The van der Waals surface area contributed by atoms with Gasteiger partial charge in [-0.15, -0.1) is 11.3 Å². The minimum absolute atomic E-state index is 0.263. The molecule has 0 bridgehead atoms. The first-order valence-electron chi connectivity index (χ1n) is 7.23. The third-order valence-electron chi connectivity index (χ3n) is 3.43. The van der Waals surface area contributed by atoms with Crippen LogP contribution in [-0.2, 0) is 0 Å². The molecular weight excluding hydrogens is 326 g/mol. The van der Waals surface area contributed by atoms with Crippen molar-refractivity contribution in [3.63, 3.8) is 0 Å². The first kappa shape index (κ1) is 15.9. The monoisotopic (exact) mass is 341 g/mol. The number of thiazole rings is 1. The number of amides is 1. The Morgan fingerprint density at radius 1 is 1.25 bits per heavy atom. The van der Waals surface area contributed by atoms with Gasteiger partial charge in [-0.05, 0) is 37.3 Å². The number of rotatable bonds is 4. The summed E-state index contributed by atoms with van der Waals surface area (Å²) in [7, 11) is 0. The molecule has 3 aromatic rings. The van der Waals surface area contributed by atoms with Gasteiger partial charge in [0, 0.05) is 28.9 Å². The molecular formula is C17H15N3O3S. The van der Waals surface area contributed by atoms with Gasteiger partial charge in [0.1, 0.15) is 5.01 Å². The van der Waals surface area contributed by atoms with Crippen LogP contribution in [0.15, 0.2) is 48.1 Å². The molecule has 1 atom stereocenters. The molecule has 0 spiro atoms. The summed E-state index contributed by atoms with van der Waals surface area (Å²) >= 11 is 1.45. The second kappa shape index (κ2) is 6.67. The lowest BCUT2D eigenvalue weighted by Crippen LogP contribution is -2.26. The van der Waals surface area contributed by atoms with Crippen molar-refractivity contribution < 1.29 is 15.0 Å². The molecule has 0 radical (unpaired) electrons. The largest absolute Gasteiger partial charge is 0.504 e. The SMILES string of the molecule is C[C@H](NC(=O)c1ccc(O)c(O)c1)c1nc(-c2cccnc2)cs1. The van der Waals surface area contributed by atoms with Gasteiger partial charge in [-0.1, -0.05) is 0 Å². The minimum Gasteiger partial charge on any atom is -0.504 e. The molecule has 6 nitrogen and oxygen atoms in total. The molecule has 0 unspecified atom stereocenters. The topological polar surface area (TPSA) is 95.3 Å². The second-order valence-electron chi connectivity index (χ2n) is 5.21. The third kappa shape index (κ3) is 3.36. The van der Waals surface area contributed by atoms with Gasteiger partial charge in [0.2, 0.25) is 0 Å². The van der Waals surface area contributed by atoms with E-state index in [1.165, 1.54) is 29.5 Å². The summed E-state index contributed by atoms with van der Waals surface area (Å²) in [5, 5.41) is 24.3. The Morgan fingerprint density at radius 2 is 2.08 bits per heavy atom. The summed E-state index contributed by atoms with van der Waals surface area (Å²) in [4.78, 5) is 20.8. The first-order valence-corrected chi connectivity index (χ1v) is 8.11. The number of carbonyl (C=O) groups excluding carboxylic acids is 1. The quantitative estimate of drug-likeness (QED) is 0.634. The highest BCUT2D eigenvalue weighted by molar-refractivity contribution is 7.10. The van der Waals surface area contributed by atoms with Gasteiger partial charge in [-0.3, -0.25) is 9.78 Å². The van der Waals surface area contributed by atoms with E-state index < -0.39 is 0 Å². The van der Waals surface area contributed by atoms with Crippen molar-refractivity contribution in [3.8, 4) is 22.8 Å². The molecule has 1 amide bonds. The van der Waals surface area contributed by atoms with Crippen molar-refractivity contribution in [2.75, 3.05) is 0 Å². The van der Waals surface area contributed by atoms with Gasteiger partial charge in [0.25, 0.3) is 5.91 Å². The summed E-state index contributed by atoms with van der Waals surface area (Å²) in [6.07, 6.45) is 3.44. The highest BCUT2D eigenvalue weighted by Gasteiger charge is 2.16. The highest BCUT2D eigenvalue weighted by Crippen LogP contribution is 2.27. The Balaban J connectivity index is 1.73. The fourth-order valence-corrected chi connectivity index (χ4v) is 2.98. The lowest BCUT2D eigenvalue weighted by atomic mass is 10.2. The average molecular weight is 341 g/mol. The standard InChI is InChI=1S/C17H15N3O3S/c1-10(19-16(23)11-4-5-14(21)15(22)7-11)17-20-13(9-24-17)12-3-2-6-18-8-12/h2-10,21-22H,1H3,(H,19,23)/t10-/m0/s1. The zero-order valence-corrected chi connectivity index (χ0v) is 13.6. The van der Waals surface area contributed by atoms with Crippen molar-refractivity contribution >= 4 is 17.2 Å². The summed E-state index contributed by atoms with van der Waals surface area (Å²) in [6, 6.07) is 7.42. The zero-order chi connectivity index (χ0) is 17.1. The molecule has 1 aromatic carbocycles. The molecule has 3 N–H and O–H groups in total. The van der Waals surface area contributed by atoms with E-state index in [1.807, 2.05) is 24.4 Å². The van der Waals surface area contributed by atoms with E-state index in [-0.39, 0.29) is 29.0 Å². The number of pyridine rings is 1. The van der Waals surface area contributed by atoms with E-state index in [2.05, 4.69) is 15.3 Å². The normalized spacial score (nSPS) is 11.9. The molecule has 24 heavy (non-hydrogen) atoms. The molecule has 0 aliphatic carbocycles. The van der Waals surface area contributed by atoms with Crippen molar-refractivity contribution in [1.82, 2.24) is 15.3 Å². The summed E-state index contributed by atoms with van der Waals surface area (Å²) in [5.74, 6) is -0.944. The van der Waals surface area contributed by atoms with Crippen LogP contribution in [0.4, 0.5) is 0 Å². The molecule has 0 fully saturated rings. The lowest BCUT2D eigenvalue weighted by Gasteiger charge is -2.11. The number of hydrogen-bond acceptors (Lipinski definition) is 6. The molecule has 7 heteroatoms. The molecule has 0 aliphatic heterocycles. The van der Waals surface area contributed by atoms with Gasteiger partial charge >= 0.3 is 0 Å². The number of benzene rings is 1. The van der Waals surface area contributed by atoms with E-state index in [0.717, 1.165) is 16.3 Å². The van der Waals surface area contributed by atoms with Crippen molar-refractivity contribution in [2.45, 2.75) is 13.0 Å². The average Bonchev–Trinajstić information content (AvgIpc) is 3.08. The van der Waals surface area contributed by atoms with Crippen LogP contribution >= 0.6 is 11.3 Å². The minimum atomic E-state index is -0.351. The Bertz CT molecular complexity index is 865. The smallest absolute Gasteiger partial charge is 0.251 e. The van der Waals surface area contributed by atoms with Crippen LogP contribution < -0.4 is 5.32 Å². The maximum atomic E-state index is 12.2. The summed E-state index contributed by atoms with van der Waals surface area (Å²) < 4.78 is 0. The van der Waals surface area contributed by atoms with Crippen LogP contribution in [0.25, 0.3) is 11.3 Å². The number of nitrogens with zero attached hydrogens (tertiary/aromatic N) is 2. The number of phenols is 2. The Hall–Kier alpha value is -2.93. The van der Waals surface area contributed by atoms with Gasteiger partial charge in [0.15, 0.2) is 11.5 Å². The fourth-order valence-electron chi connectivity index (χ4n) is 2.14. The van der Waals surface area contributed by atoms with Gasteiger partial charge in [0.05, 0.1) is 11.7 Å². The molecule has 122 valence electrons. The van der Waals surface area contributed by atoms with Crippen LogP contribution in [0, 0.1) is 0 Å². The number of carbonyl (C=O) groups is 1. The number of nitrogens with one attached hydrogen (secondary N) is 1. The fraction of sp³-hybridized carbons (Fsp3) is 0.118.